The molecule has 1 aliphatic carbocycles. The molecule has 19 heavy (non-hydrogen) atoms. The molecule has 102 valence electrons. The van der Waals surface area contributed by atoms with Crippen molar-refractivity contribution < 1.29 is 13.2 Å². The molecule has 3 rings (SSSR count). The Labute approximate surface area is 110 Å². The van der Waals surface area contributed by atoms with Crippen molar-refractivity contribution in [3.63, 3.8) is 0 Å². The number of nitrogens with one attached hydrogen (secondary N) is 1. The molecule has 0 saturated carbocycles. The quantitative estimate of drug-likeness (QED) is 0.814. The third-order valence-electron chi connectivity index (χ3n) is 4.26. The summed E-state index contributed by atoms with van der Waals surface area (Å²) in [4.78, 5) is 0. The van der Waals surface area contributed by atoms with Crippen LogP contribution in [0.15, 0.2) is 30.3 Å². The fourth-order valence-corrected chi connectivity index (χ4v) is 3.10. The Morgan fingerprint density at radius 1 is 1.11 bits per heavy atom. The van der Waals surface area contributed by atoms with Crippen LogP contribution in [0.5, 0.6) is 0 Å². The van der Waals surface area contributed by atoms with E-state index in [1.54, 1.807) is 12.1 Å². The highest BCUT2D eigenvalue weighted by Crippen LogP contribution is 2.45. The Bertz CT molecular complexity index is 493. The average molecular weight is 267 g/mol. The molecule has 0 aromatic heterocycles. The van der Waals surface area contributed by atoms with Crippen molar-refractivity contribution in [2.24, 2.45) is 5.41 Å². The summed E-state index contributed by atoms with van der Waals surface area (Å²) in [6, 6.07) is 5.54. The van der Waals surface area contributed by atoms with Gasteiger partial charge in [-0.2, -0.15) is 13.2 Å². The lowest BCUT2D eigenvalue weighted by molar-refractivity contribution is -0.137. The summed E-state index contributed by atoms with van der Waals surface area (Å²) >= 11 is 0. The van der Waals surface area contributed by atoms with Crippen molar-refractivity contribution in [3.8, 4) is 0 Å². The summed E-state index contributed by atoms with van der Waals surface area (Å²) in [5.41, 5.74) is 1.86. The second-order valence-electron chi connectivity index (χ2n) is 5.61. The molecule has 1 atom stereocenters. The molecule has 1 aromatic carbocycles. The number of rotatable bonds is 1. The van der Waals surface area contributed by atoms with E-state index in [0.29, 0.717) is 5.41 Å². The predicted octanol–water partition coefficient (Wildman–Crippen LogP) is 3.86. The van der Waals surface area contributed by atoms with Crippen LogP contribution in [0.25, 0.3) is 5.57 Å². The van der Waals surface area contributed by atoms with E-state index in [2.05, 4.69) is 11.4 Å². The van der Waals surface area contributed by atoms with Crippen molar-refractivity contribution in [1.82, 2.24) is 5.32 Å². The zero-order valence-electron chi connectivity index (χ0n) is 10.6. The Hall–Kier alpha value is -1.29. The van der Waals surface area contributed by atoms with E-state index in [9.17, 15) is 13.2 Å². The Balaban J connectivity index is 1.77. The summed E-state index contributed by atoms with van der Waals surface area (Å²) in [7, 11) is 0. The number of alkyl halides is 3. The number of allylic oxidation sites excluding steroid dienone is 2. The van der Waals surface area contributed by atoms with Gasteiger partial charge in [0.25, 0.3) is 0 Å². The van der Waals surface area contributed by atoms with Gasteiger partial charge in [0.15, 0.2) is 0 Å². The Kier molecular flexibility index (Phi) is 2.93. The van der Waals surface area contributed by atoms with Gasteiger partial charge in [0.2, 0.25) is 0 Å². The van der Waals surface area contributed by atoms with Crippen LogP contribution in [0.1, 0.15) is 30.4 Å². The van der Waals surface area contributed by atoms with Crippen molar-refractivity contribution in [2.75, 3.05) is 13.1 Å². The molecule has 1 unspecified atom stereocenters. The van der Waals surface area contributed by atoms with Crippen LogP contribution in [0.4, 0.5) is 13.2 Å². The van der Waals surface area contributed by atoms with Crippen LogP contribution < -0.4 is 5.32 Å². The zero-order valence-corrected chi connectivity index (χ0v) is 10.6. The first-order valence-corrected chi connectivity index (χ1v) is 6.56. The van der Waals surface area contributed by atoms with Crippen molar-refractivity contribution >= 4 is 5.57 Å². The van der Waals surface area contributed by atoms with Gasteiger partial charge in [0.1, 0.15) is 0 Å². The molecule has 2 aliphatic rings. The SMILES string of the molecule is FC(F)(F)c1ccc(C2=CCC3(CCNC3)C2)cc1. The van der Waals surface area contributed by atoms with Crippen LogP contribution in [-0.2, 0) is 6.18 Å². The van der Waals surface area contributed by atoms with E-state index in [4.69, 9.17) is 0 Å². The third kappa shape index (κ3) is 2.41. The van der Waals surface area contributed by atoms with Gasteiger partial charge in [0, 0.05) is 6.54 Å². The van der Waals surface area contributed by atoms with E-state index in [1.807, 2.05) is 0 Å². The second-order valence-corrected chi connectivity index (χ2v) is 5.61. The van der Waals surface area contributed by atoms with Crippen LogP contribution in [0.2, 0.25) is 0 Å². The van der Waals surface area contributed by atoms with Crippen LogP contribution >= 0.6 is 0 Å². The van der Waals surface area contributed by atoms with E-state index in [0.717, 1.165) is 37.9 Å². The van der Waals surface area contributed by atoms with Gasteiger partial charge in [-0.1, -0.05) is 18.2 Å². The van der Waals surface area contributed by atoms with Gasteiger partial charge in [0.05, 0.1) is 5.56 Å². The van der Waals surface area contributed by atoms with Gasteiger partial charge in [-0.25, -0.2) is 0 Å². The maximum Gasteiger partial charge on any atom is 0.416 e. The highest BCUT2D eigenvalue weighted by Gasteiger charge is 2.37. The lowest BCUT2D eigenvalue weighted by atomic mass is 9.83. The Morgan fingerprint density at radius 3 is 2.42 bits per heavy atom. The molecular formula is C15H16F3N. The molecule has 1 saturated heterocycles. The van der Waals surface area contributed by atoms with Crippen LogP contribution in [0, 0.1) is 5.41 Å². The van der Waals surface area contributed by atoms with E-state index in [-0.39, 0.29) is 0 Å². The third-order valence-corrected chi connectivity index (χ3v) is 4.26. The van der Waals surface area contributed by atoms with Gasteiger partial charge in [-0.05, 0) is 54.5 Å². The molecule has 4 heteroatoms. The van der Waals surface area contributed by atoms with Crippen molar-refractivity contribution in [2.45, 2.75) is 25.4 Å². The fraction of sp³-hybridized carbons (Fsp3) is 0.467. The van der Waals surface area contributed by atoms with Gasteiger partial charge < -0.3 is 5.32 Å². The summed E-state index contributed by atoms with van der Waals surface area (Å²) < 4.78 is 37.5. The number of hydrogen-bond donors (Lipinski definition) is 1. The van der Waals surface area contributed by atoms with E-state index in [1.165, 1.54) is 17.7 Å². The topological polar surface area (TPSA) is 12.0 Å². The highest BCUT2D eigenvalue weighted by molar-refractivity contribution is 5.68. The minimum atomic E-state index is -4.25. The number of benzene rings is 1. The zero-order chi connectivity index (χ0) is 13.5. The Morgan fingerprint density at radius 2 is 1.84 bits per heavy atom. The molecular weight excluding hydrogens is 251 g/mol. The summed E-state index contributed by atoms with van der Waals surface area (Å²) in [5, 5.41) is 3.37. The van der Waals surface area contributed by atoms with Crippen molar-refractivity contribution in [3.05, 3.63) is 41.5 Å². The lowest BCUT2D eigenvalue weighted by Crippen LogP contribution is -2.20. The predicted molar refractivity (Wildman–Crippen MR) is 68.6 cm³/mol. The molecule has 1 N–H and O–H groups in total. The van der Waals surface area contributed by atoms with Crippen LogP contribution in [0.3, 0.4) is 0 Å². The summed E-state index contributed by atoms with van der Waals surface area (Å²) in [6.45, 7) is 2.07. The first kappa shape index (κ1) is 12.7. The number of halogens is 3. The standard InChI is InChI=1S/C15H16F3N/c16-15(17,18)13-3-1-11(2-4-13)12-5-6-14(9-12)7-8-19-10-14/h1-5,19H,6-10H2. The summed E-state index contributed by atoms with van der Waals surface area (Å²) in [6.07, 6.45) is 1.12. The van der Waals surface area contributed by atoms with Crippen molar-refractivity contribution in [1.29, 1.82) is 0 Å². The maximum atomic E-state index is 12.5. The first-order chi connectivity index (χ1) is 8.99. The van der Waals surface area contributed by atoms with Gasteiger partial charge in [-0.3, -0.25) is 0 Å². The highest BCUT2D eigenvalue weighted by atomic mass is 19.4. The minimum Gasteiger partial charge on any atom is -0.316 e. The smallest absolute Gasteiger partial charge is 0.316 e. The summed E-state index contributed by atoms with van der Waals surface area (Å²) in [5.74, 6) is 0. The molecule has 0 amide bonds. The molecule has 1 nitrogen and oxygen atoms in total. The normalized spacial score (nSPS) is 27.0. The maximum absolute atomic E-state index is 12.5. The molecule has 1 heterocycles. The second kappa shape index (κ2) is 4.37. The minimum absolute atomic E-state index is 0.317. The van der Waals surface area contributed by atoms with Crippen LogP contribution in [-0.4, -0.2) is 13.1 Å². The van der Waals surface area contributed by atoms with E-state index >= 15 is 0 Å². The van der Waals surface area contributed by atoms with E-state index < -0.39 is 11.7 Å². The fourth-order valence-electron chi connectivity index (χ4n) is 3.10. The molecule has 1 aromatic rings. The lowest BCUT2D eigenvalue weighted by Gasteiger charge is -2.21. The van der Waals surface area contributed by atoms with Gasteiger partial charge in [-0.15, -0.1) is 0 Å². The average Bonchev–Trinajstić information content (AvgIpc) is 3.00. The molecule has 1 fully saturated rings. The molecule has 1 spiro atoms. The number of hydrogen-bond acceptors (Lipinski definition) is 1. The first-order valence-electron chi connectivity index (χ1n) is 6.56. The molecule has 0 radical (unpaired) electrons. The van der Waals surface area contributed by atoms with Gasteiger partial charge >= 0.3 is 6.18 Å². The largest absolute Gasteiger partial charge is 0.416 e. The monoisotopic (exact) mass is 267 g/mol. The molecule has 1 aliphatic heterocycles. The molecule has 0 bridgehead atoms.